The molecule has 0 radical (unpaired) electrons. The highest BCUT2D eigenvalue weighted by atomic mass is 16.4. The number of hydrogen-bond donors (Lipinski definition) is 2. The maximum atomic E-state index is 11.0. The van der Waals surface area contributed by atoms with Gasteiger partial charge in [-0.2, -0.15) is 0 Å². The summed E-state index contributed by atoms with van der Waals surface area (Å²) in [5.41, 5.74) is -0.775. The summed E-state index contributed by atoms with van der Waals surface area (Å²) in [6, 6.07) is 0. The van der Waals surface area contributed by atoms with Crippen molar-refractivity contribution in [2.45, 2.75) is 31.7 Å². The fourth-order valence-electron chi connectivity index (χ4n) is 1.73. The van der Waals surface area contributed by atoms with Gasteiger partial charge in [0, 0.05) is 6.54 Å². The molecule has 14 heavy (non-hydrogen) atoms. The average molecular weight is 200 g/mol. The number of aliphatic carboxylic acids is 1. The minimum atomic E-state index is -0.775. The zero-order valence-electron chi connectivity index (χ0n) is 9.05. The summed E-state index contributed by atoms with van der Waals surface area (Å²) in [7, 11) is 1.71. The molecule has 0 spiro atoms. The molecule has 1 saturated heterocycles. The van der Waals surface area contributed by atoms with E-state index in [1.54, 1.807) is 14.0 Å². The number of likely N-dealkylation sites (N-methyl/N-ethyl adjacent to an activating group) is 1. The monoisotopic (exact) mass is 200 g/mol. The maximum Gasteiger partial charge on any atom is 0.323 e. The van der Waals surface area contributed by atoms with Gasteiger partial charge in [0.15, 0.2) is 0 Å². The van der Waals surface area contributed by atoms with E-state index in [-0.39, 0.29) is 0 Å². The molecule has 1 rings (SSSR count). The highest BCUT2D eigenvalue weighted by Gasteiger charge is 2.31. The normalized spacial score (nSPS) is 22.1. The quantitative estimate of drug-likeness (QED) is 0.680. The zero-order valence-corrected chi connectivity index (χ0v) is 9.05. The lowest BCUT2D eigenvalue weighted by Crippen LogP contribution is -2.49. The summed E-state index contributed by atoms with van der Waals surface area (Å²) in [6.45, 7) is 4.87. The van der Waals surface area contributed by atoms with Gasteiger partial charge >= 0.3 is 5.97 Å². The summed E-state index contributed by atoms with van der Waals surface area (Å²) in [4.78, 5) is 13.3. The molecule has 2 N–H and O–H groups in total. The number of carbonyl (C=O) groups is 1. The molecular weight excluding hydrogens is 180 g/mol. The first-order valence-corrected chi connectivity index (χ1v) is 5.23. The van der Waals surface area contributed by atoms with Crippen LogP contribution in [0.3, 0.4) is 0 Å². The lowest BCUT2D eigenvalue weighted by atomic mass is 9.98. The molecule has 1 aliphatic rings. The molecular formula is C10H20N2O2. The highest BCUT2D eigenvalue weighted by Crippen LogP contribution is 2.14. The molecule has 0 amide bonds. The Morgan fingerprint density at radius 1 is 1.50 bits per heavy atom. The molecule has 0 bridgehead atoms. The molecule has 0 aromatic heterocycles. The predicted octanol–water partition coefficient (Wildman–Crippen LogP) is 0.535. The van der Waals surface area contributed by atoms with E-state index in [1.807, 2.05) is 0 Å². The van der Waals surface area contributed by atoms with Crippen molar-refractivity contribution in [2.75, 3.05) is 26.7 Å². The topological polar surface area (TPSA) is 52.6 Å². The fraction of sp³-hybridized carbons (Fsp3) is 0.900. The van der Waals surface area contributed by atoms with E-state index in [0.29, 0.717) is 6.42 Å². The van der Waals surface area contributed by atoms with Crippen LogP contribution in [0.2, 0.25) is 0 Å². The van der Waals surface area contributed by atoms with Crippen LogP contribution in [0.5, 0.6) is 0 Å². The van der Waals surface area contributed by atoms with Gasteiger partial charge in [0.05, 0.1) is 0 Å². The number of carboxylic acid groups (broad SMARTS) is 1. The van der Waals surface area contributed by atoms with E-state index in [4.69, 9.17) is 5.11 Å². The van der Waals surface area contributed by atoms with Gasteiger partial charge in [0.2, 0.25) is 0 Å². The van der Waals surface area contributed by atoms with Crippen molar-refractivity contribution in [3.63, 3.8) is 0 Å². The predicted molar refractivity (Wildman–Crippen MR) is 55.4 cm³/mol. The van der Waals surface area contributed by atoms with Crippen molar-refractivity contribution in [2.24, 2.45) is 0 Å². The molecule has 0 saturated carbocycles. The molecule has 4 heteroatoms. The molecule has 1 fully saturated rings. The standard InChI is InChI=1S/C10H20N2O2/c1-10(11-2,9(13)14)5-8-12-6-3-4-7-12/h11H,3-8H2,1-2H3,(H,13,14). The van der Waals surface area contributed by atoms with E-state index in [0.717, 1.165) is 19.6 Å². The van der Waals surface area contributed by atoms with Gasteiger partial charge in [0.1, 0.15) is 5.54 Å². The third kappa shape index (κ3) is 2.69. The van der Waals surface area contributed by atoms with E-state index in [1.165, 1.54) is 12.8 Å². The summed E-state index contributed by atoms with van der Waals surface area (Å²) in [5.74, 6) is -0.765. The smallest absolute Gasteiger partial charge is 0.323 e. The van der Waals surface area contributed by atoms with Crippen LogP contribution in [0.25, 0.3) is 0 Å². The first-order valence-electron chi connectivity index (χ1n) is 5.23. The Balaban J connectivity index is 2.36. The fourth-order valence-corrected chi connectivity index (χ4v) is 1.73. The molecule has 1 unspecified atom stereocenters. The number of carboxylic acids is 1. The Morgan fingerprint density at radius 2 is 2.07 bits per heavy atom. The van der Waals surface area contributed by atoms with E-state index in [2.05, 4.69) is 10.2 Å². The Kier molecular flexibility index (Phi) is 3.89. The molecule has 1 heterocycles. The van der Waals surface area contributed by atoms with E-state index >= 15 is 0 Å². The van der Waals surface area contributed by atoms with E-state index < -0.39 is 11.5 Å². The average Bonchev–Trinajstić information content (AvgIpc) is 2.66. The number of hydrogen-bond acceptors (Lipinski definition) is 3. The number of nitrogens with zero attached hydrogens (tertiary/aromatic N) is 1. The Hall–Kier alpha value is -0.610. The van der Waals surface area contributed by atoms with Crippen molar-refractivity contribution < 1.29 is 9.90 Å². The molecule has 0 aromatic rings. The van der Waals surface area contributed by atoms with Crippen molar-refractivity contribution in [1.29, 1.82) is 0 Å². The first kappa shape index (κ1) is 11.5. The van der Waals surface area contributed by atoms with Gasteiger partial charge in [0.25, 0.3) is 0 Å². The van der Waals surface area contributed by atoms with Gasteiger partial charge in [-0.25, -0.2) is 0 Å². The van der Waals surface area contributed by atoms with Crippen molar-refractivity contribution in [1.82, 2.24) is 10.2 Å². The van der Waals surface area contributed by atoms with Gasteiger partial charge in [-0.1, -0.05) is 0 Å². The van der Waals surface area contributed by atoms with Crippen molar-refractivity contribution >= 4 is 5.97 Å². The maximum absolute atomic E-state index is 11.0. The van der Waals surface area contributed by atoms with Gasteiger partial charge in [-0.3, -0.25) is 4.79 Å². The van der Waals surface area contributed by atoms with Crippen LogP contribution in [0.1, 0.15) is 26.2 Å². The minimum absolute atomic E-state index is 0.666. The minimum Gasteiger partial charge on any atom is -0.480 e. The van der Waals surface area contributed by atoms with Crippen LogP contribution >= 0.6 is 0 Å². The molecule has 0 aromatic carbocycles. The van der Waals surface area contributed by atoms with E-state index in [9.17, 15) is 4.79 Å². The van der Waals surface area contributed by atoms with Crippen LogP contribution in [0, 0.1) is 0 Å². The number of rotatable bonds is 5. The van der Waals surface area contributed by atoms with Crippen LogP contribution in [0.15, 0.2) is 0 Å². The Morgan fingerprint density at radius 3 is 2.50 bits per heavy atom. The lowest BCUT2D eigenvalue weighted by Gasteiger charge is -2.26. The van der Waals surface area contributed by atoms with Crippen LogP contribution in [-0.4, -0.2) is 48.2 Å². The molecule has 4 nitrogen and oxygen atoms in total. The zero-order chi connectivity index (χ0) is 10.6. The second kappa shape index (κ2) is 4.75. The highest BCUT2D eigenvalue weighted by molar-refractivity contribution is 5.78. The van der Waals surface area contributed by atoms with Crippen LogP contribution < -0.4 is 5.32 Å². The van der Waals surface area contributed by atoms with Gasteiger partial charge in [-0.15, -0.1) is 0 Å². The van der Waals surface area contributed by atoms with Crippen LogP contribution in [0.4, 0.5) is 0 Å². The van der Waals surface area contributed by atoms with Crippen molar-refractivity contribution in [3.8, 4) is 0 Å². The SMILES string of the molecule is CNC(C)(CCN1CCCC1)C(=O)O. The molecule has 82 valence electrons. The first-order chi connectivity index (χ1) is 6.58. The lowest BCUT2D eigenvalue weighted by molar-refractivity contribution is -0.144. The number of nitrogens with one attached hydrogen (secondary N) is 1. The molecule has 0 aliphatic carbocycles. The summed E-state index contributed by atoms with van der Waals surface area (Å²) in [6.07, 6.45) is 3.17. The van der Waals surface area contributed by atoms with Gasteiger partial charge in [-0.05, 0) is 46.3 Å². The number of likely N-dealkylation sites (tertiary alicyclic amines) is 1. The summed E-state index contributed by atoms with van der Waals surface area (Å²) < 4.78 is 0. The largest absolute Gasteiger partial charge is 0.480 e. The third-order valence-electron chi connectivity index (χ3n) is 3.15. The second-order valence-corrected chi connectivity index (χ2v) is 4.19. The third-order valence-corrected chi connectivity index (χ3v) is 3.15. The van der Waals surface area contributed by atoms with Gasteiger partial charge < -0.3 is 15.3 Å². The molecule has 1 aliphatic heterocycles. The summed E-state index contributed by atoms with van der Waals surface area (Å²) in [5, 5.41) is 11.9. The van der Waals surface area contributed by atoms with Crippen LogP contribution in [-0.2, 0) is 4.79 Å². The summed E-state index contributed by atoms with van der Waals surface area (Å²) >= 11 is 0. The molecule has 1 atom stereocenters. The Labute approximate surface area is 85.3 Å². The Bertz CT molecular complexity index is 202. The second-order valence-electron chi connectivity index (χ2n) is 4.19. The van der Waals surface area contributed by atoms with Crippen molar-refractivity contribution in [3.05, 3.63) is 0 Å².